The fourth-order valence-electron chi connectivity index (χ4n) is 1.70. The lowest BCUT2D eigenvalue weighted by molar-refractivity contribution is -0.671. The number of aryl methyl sites for hydroxylation is 1. The van der Waals surface area contributed by atoms with Crippen LogP contribution in [0.5, 0.6) is 0 Å². The zero-order valence-electron chi connectivity index (χ0n) is 14.2. The lowest BCUT2D eigenvalue weighted by atomic mass is 10.1. The number of rotatable bonds is 4. The maximum absolute atomic E-state index is 9.22. The molecule has 6 nitrogen and oxygen atoms in total. The Labute approximate surface area is 143 Å². The van der Waals surface area contributed by atoms with E-state index in [1.165, 1.54) is 16.8 Å². The van der Waals surface area contributed by atoms with Crippen molar-refractivity contribution in [1.82, 2.24) is 0 Å². The highest BCUT2D eigenvalue weighted by Crippen LogP contribution is 2.14. The second-order valence-electron chi connectivity index (χ2n) is 5.19. The molecule has 0 aliphatic heterocycles. The van der Waals surface area contributed by atoms with Crippen LogP contribution < -0.4 is 9.47 Å². The lowest BCUT2D eigenvalue weighted by Gasteiger charge is -2.11. The summed E-state index contributed by atoms with van der Waals surface area (Å²) in [5.41, 5.74) is 3.65. The minimum atomic E-state index is -4.41. The summed E-state index contributed by atoms with van der Waals surface area (Å²) in [5.74, 6) is 0. The van der Waals surface area contributed by atoms with Crippen LogP contribution in [0.3, 0.4) is 0 Å². The predicted molar refractivity (Wildman–Crippen MR) is 94.0 cm³/mol. The topological polar surface area (TPSA) is 73.5 Å². The minimum Gasteiger partial charge on any atom is -0.726 e. The molecule has 0 bridgehead atoms. The Kier molecular flexibility index (Phi) is 7.57. The molecule has 0 N–H and O–H groups in total. The Hall–Kier alpha value is -2.22. The second-order valence-corrected chi connectivity index (χ2v) is 6.34. The molecule has 0 spiro atoms. The number of benzene rings is 1. The van der Waals surface area contributed by atoms with Crippen LogP contribution >= 0.6 is 0 Å². The Morgan fingerprint density at radius 3 is 1.79 bits per heavy atom. The Morgan fingerprint density at radius 2 is 1.42 bits per heavy atom. The first-order valence-corrected chi connectivity index (χ1v) is 8.47. The van der Waals surface area contributed by atoms with Gasteiger partial charge in [0, 0.05) is 31.9 Å². The van der Waals surface area contributed by atoms with Crippen LogP contribution in [0.2, 0.25) is 0 Å². The van der Waals surface area contributed by atoms with Crippen molar-refractivity contribution in [3.8, 4) is 0 Å². The van der Waals surface area contributed by atoms with Gasteiger partial charge >= 0.3 is 0 Å². The Balaban J connectivity index is 0.000000413. The first-order chi connectivity index (χ1) is 11.2. The minimum absolute atomic E-state index is 0.808. The van der Waals surface area contributed by atoms with E-state index in [0.29, 0.717) is 0 Å². The van der Waals surface area contributed by atoms with Crippen molar-refractivity contribution in [2.24, 2.45) is 7.05 Å². The fourth-order valence-corrected chi connectivity index (χ4v) is 1.70. The smallest absolute Gasteiger partial charge is 0.217 e. The Morgan fingerprint density at radius 1 is 1.00 bits per heavy atom. The van der Waals surface area contributed by atoms with Crippen molar-refractivity contribution < 1.29 is 21.7 Å². The van der Waals surface area contributed by atoms with Gasteiger partial charge in [0.2, 0.25) is 10.4 Å². The molecule has 0 radical (unpaired) electrons. The van der Waals surface area contributed by atoms with Gasteiger partial charge in [-0.15, -0.1) is 0 Å². The number of hydrogen-bond acceptors (Lipinski definition) is 5. The van der Waals surface area contributed by atoms with Crippen molar-refractivity contribution in [2.75, 3.05) is 26.1 Å². The summed E-state index contributed by atoms with van der Waals surface area (Å²) in [5, 5.41) is 0. The van der Waals surface area contributed by atoms with Crippen molar-refractivity contribution in [1.29, 1.82) is 0 Å². The van der Waals surface area contributed by atoms with E-state index in [2.05, 4.69) is 84.1 Å². The average molecular weight is 350 g/mol. The van der Waals surface area contributed by atoms with Gasteiger partial charge in [0.15, 0.2) is 12.4 Å². The maximum Gasteiger partial charge on any atom is 0.217 e. The zero-order chi connectivity index (χ0) is 18.2. The quantitative estimate of drug-likeness (QED) is 0.478. The molecule has 2 aromatic rings. The van der Waals surface area contributed by atoms with Crippen molar-refractivity contribution in [3.05, 3.63) is 59.9 Å². The monoisotopic (exact) mass is 350 g/mol. The van der Waals surface area contributed by atoms with Crippen molar-refractivity contribution >= 4 is 28.2 Å². The third kappa shape index (κ3) is 7.87. The summed E-state index contributed by atoms with van der Waals surface area (Å²) < 4.78 is 33.1. The van der Waals surface area contributed by atoms with Crippen molar-refractivity contribution in [3.63, 3.8) is 0 Å². The normalized spacial score (nSPS) is 11.0. The molecule has 24 heavy (non-hydrogen) atoms. The molecular weight excluding hydrogens is 328 g/mol. The fraction of sp³-hybridized carbons (Fsp3) is 0.235. The van der Waals surface area contributed by atoms with E-state index in [1.807, 2.05) is 11.6 Å². The zero-order valence-corrected chi connectivity index (χ0v) is 15.0. The SMILES string of the molecule is CN(C)c1ccc(C=Cc2cc[n+](C)cc2)cc1.COS(=O)(=O)[O-]. The van der Waals surface area contributed by atoms with Gasteiger partial charge in [0.25, 0.3) is 0 Å². The summed E-state index contributed by atoms with van der Waals surface area (Å²) in [4.78, 5) is 2.10. The summed E-state index contributed by atoms with van der Waals surface area (Å²) in [6, 6.07) is 12.7. The van der Waals surface area contributed by atoms with Crippen LogP contribution in [0.25, 0.3) is 12.2 Å². The standard InChI is InChI=1S/C16H19N2.CH4O4S/c1-17(2)16-8-6-14(7-9-16)4-5-15-10-12-18(3)13-11-15;1-5-6(2,3)4/h4-13H,1-3H3;1H3,(H,2,3,4)/q+1;/p-1. The molecule has 0 aliphatic rings. The van der Waals surface area contributed by atoms with E-state index in [4.69, 9.17) is 0 Å². The molecule has 0 amide bonds. The van der Waals surface area contributed by atoms with Crippen LogP contribution in [0.1, 0.15) is 11.1 Å². The Bertz CT molecular complexity index is 752. The molecule has 0 saturated heterocycles. The number of anilines is 1. The van der Waals surface area contributed by atoms with Crippen LogP contribution in [0.15, 0.2) is 48.8 Å². The molecule has 0 atom stereocenters. The summed E-state index contributed by atoms with van der Waals surface area (Å²) in [7, 11) is 2.52. The van der Waals surface area contributed by atoms with Gasteiger partial charge in [0.1, 0.15) is 7.05 Å². The average Bonchev–Trinajstić information content (AvgIpc) is 2.54. The van der Waals surface area contributed by atoms with E-state index in [1.54, 1.807) is 0 Å². The lowest BCUT2D eigenvalue weighted by Crippen LogP contribution is -2.25. The highest BCUT2D eigenvalue weighted by Gasteiger charge is 1.94. The van der Waals surface area contributed by atoms with Gasteiger partial charge < -0.3 is 9.45 Å². The second kappa shape index (κ2) is 9.17. The number of hydrogen-bond donors (Lipinski definition) is 0. The van der Waals surface area contributed by atoms with Gasteiger partial charge in [-0.2, -0.15) is 0 Å². The van der Waals surface area contributed by atoms with E-state index in [0.717, 1.165) is 7.11 Å². The van der Waals surface area contributed by atoms with E-state index < -0.39 is 10.4 Å². The third-order valence-electron chi connectivity index (χ3n) is 3.09. The van der Waals surface area contributed by atoms with Crippen LogP contribution in [-0.2, 0) is 21.6 Å². The number of pyridine rings is 1. The van der Waals surface area contributed by atoms with Crippen LogP contribution in [-0.4, -0.2) is 34.2 Å². The van der Waals surface area contributed by atoms with Gasteiger partial charge in [0.05, 0.1) is 7.11 Å². The highest BCUT2D eigenvalue weighted by atomic mass is 32.3. The third-order valence-corrected chi connectivity index (χ3v) is 3.49. The summed E-state index contributed by atoms with van der Waals surface area (Å²) in [6.45, 7) is 0. The molecule has 1 aromatic heterocycles. The largest absolute Gasteiger partial charge is 0.726 e. The molecule has 0 aliphatic carbocycles. The van der Waals surface area contributed by atoms with E-state index in [9.17, 15) is 13.0 Å². The van der Waals surface area contributed by atoms with Crippen LogP contribution in [0.4, 0.5) is 5.69 Å². The summed E-state index contributed by atoms with van der Waals surface area (Å²) >= 11 is 0. The molecule has 1 aromatic carbocycles. The number of nitrogens with zero attached hydrogens (tertiary/aromatic N) is 2. The highest BCUT2D eigenvalue weighted by molar-refractivity contribution is 7.80. The maximum atomic E-state index is 9.22. The molecule has 1 heterocycles. The van der Waals surface area contributed by atoms with Gasteiger partial charge in [-0.1, -0.05) is 24.3 Å². The molecular formula is C17H22N2O4S. The predicted octanol–water partition coefficient (Wildman–Crippen LogP) is 1.84. The number of aromatic nitrogens is 1. The first kappa shape index (κ1) is 19.8. The van der Waals surface area contributed by atoms with E-state index in [-0.39, 0.29) is 0 Å². The first-order valence-electron chi connectivity index (χ1n) is 7.13. The van der Waals surface area contributed by atoms with Crippen molar-refractivity contribution in [2.45, 2.75) is 0 Å². The molecule has 130 valence electrons. The molecule has 7 heteroatoms. The van der Waals surface area contributed by atoms with Gasteiger partial charge in [-0.05, 0) is 23.3 Å². The molecule has 0 saturated carbocycles. The van der Waals surface area contributed by atoms with Gasteiger partial charge in [-0.25, -0.2) is 13.0 Å². The van der Waals surface area contributed by atoms with E-state index >= 15 is 0 Å². The molecule has 0 fully saturated rings. The van der Waals surface area contributed by atoms with Gasteiger partial charge in [-0.3, -0.25) is 4.18 Å². The molecule has 0 unspecified atom stereocenters. The summed E-state index contributed by atoms with van der Waals surface area (Å²) in [6.07, 6.45) is 8.36. The van der Waals surface area contributed by atoms with Crippen LogP contribution in [0, 0.1) is 0 Å². The molecule has 2 rings (SSSR count).